The average Bonchev–Trinajstić information content (AvgIpc) is 2.53. The average molecular weight is 361 g/mol. The van der Waals surface area contributed by atoms with Gasteiger partial charge in [0.2, 0.25) is 0 Å². The first-order valence-electron chi connectivity index (χ1n) is 6.96. The van der Waals surface area contributed by atoms with Gasteiger partial charge in [-0.15, -0.1) is 0 Å². The van der Waals surface area contributed by atoms with E-state index in [0.717, 1.165) is 16.5 Å². The van der Waals surface area contributed by atoms with Crippen LogP contribution in [0.4, 0.5) is 0 Å². The second-order valence-corrected chi connectivity index (χ2v) is 5.55. The molecule has 1 N–H and O–H groups in total. The first-order valence-corrected chi connectivity index (χ1v) is 7.76. The summed E-state index contributed by atoms with van der Waals surface area (Å²) in [5.74, 6) is 0.388. The Morgan fingerprint density at radius 3 is 2.86 bits per heavy atom. The molecule has 0 saturated heterocycles. The molecule has 0 saturated carbocycles. The zero-order valence-electron chi connectivity index (χ0n) is 12.3. The molecular formula is C17H17BrN2O2. The first-order chi connectivity index (χ1) is 10.7. The molecule has 0 aliphatic heterocycles. The zero-order chi connectivity index (χ0) is 15.8. The summed E-state index contributed by atoms with van der Waals surface area (Å²) in [6.45, 7) is 2.01. The molecule has 0 bridgehead atoms. The van der Waals surface area contributed by atoms with Gasteiger partial charge in [-0.05, 0) is 41.8 Å². The van der Waals surface area contributed by atoms with Gasteiger partial charge in [-0.2, -0.15) is 5.10 Å². The SMILES string of the molecule is CCc1cccc(OCC(=O)N/N=C/c2cccc(Br)c2)c1. The Hall–Kier alpha value is -2.14. The minimum atomic E-state index is -0.298. The van der Waals surface area contributed by atoms with Crippen LogP contribution >= 0.6 is 15.9 Å². The maximum atomic E-state index is 11.7. The highest BCUT2D eigenvalue weighted by molar-refractivity contribution is 9.10. The van der Waals surface area contributed by atoms with Gasteiger partial charge in [0.15, 0.2) is 6.61 Å². The number of rotatable bonds is 6. The predicted molar refractivity (Wildman–Crippen MR) is 91.2 cm³/mol. The number of ether oxygens (including phenoxy) is 1. The number of amides is 1. The number of hydrazone groups is 1. The maximum Gasteiger partial charge on any atom is 0.277 e. The lowest BCUT2D eigenvalue weighted by Crippen LogP contribution is -2.24. The number of carbonyl (C=O) groups is 1. The van der Waals surface area contributed by atoms with Gasteiger partial charge in [-0.3, -0.25) is 4.79 Å². The second kappa shape index (κ2) is 8.34. The number of halogens is 1. The summed E-state index contributed by atoms with van der Waals surface area (Å²) in [5.41, 5.74) is 4.51. The van der Waals surface area contributed by atoms with Crippen LogP contribution in [-0.2, 0) is 11.2 Å². The molecule has 0 fully saturated rings. The van der Waals surface area contributed by atoms with E-state index >= 15 is 0 Å². The highest BCUT2D eigenvalue weighted by atomic mass is 79.9. The number of carbonyl (C=O) groups excluding carboxylic acids is 1. The molecule has 0 atom stereocenters. The lowest BCUT2D eigenvalue weighted by molar-refractivity contribution is -0.123. The Bertz CT molecular complexity index is 671. The Morgan fingerprint density at radius 2 is 2.09 bits per heavy atom. The molecular weight excluding hydrogens is 344 g/mol. The molecule has 0 heterocycles. The van der Waals surface area contributed by atoms with Gasteiger partial charge in [0, 0.05) is 4.47 Å². The summed E-state index contributed by atoms with van der Waals surface area (Å²) in [7, 11) is 0. The van der Waals surface area contributed by atoms with Crippen molar-refractivity contribution in [3.8, 4) is 5.75 Å². The molecule has 0 aliphatic carbocycles. The van der Waals surface area contributed by atoms with Crippen LogP contribution in [0, 0.1) is 0 Å². The number of aryl methyl sites for hydroxylation is 1. The first kappa shape index (κ1) is 16.2. The number of nitrogens with one attached hydrogen (secondary N) is 1. The fourth-order valence-electron chi connectivity index (χ4n) is 1.80. The summed E-state index contributed by atoms with van der Waals surface area (Å²) in [5, 5.41) is 3.90. The predicted octanol–water partition coefficient (Wildman–Crippen LogP) is 3.54. The van der Waals surface area contributed by atoms with Crippen LogP contribution in [0.5, 0.6) is 5.75 Å². The van der Waals surface area contributed by atoms with E-state index in [1.54, 1.807) is 6.21 Å². The molecule has 0 aliphatic rings. The summed E-state index contributed by atoms with van der Waals surface area (Å²) in [6, 6.07) is 15.3. The topological polar surface area (TPSA) is 50.7 Å². The van der Waals surface area contributed by atoms with E-state index in [9.17, 15) is 4.79 Å². The Labute approximate surface area is 138 Å². The Morgan fingerprint density at radius 1 is 1.27 bits per heavy atom. The van der Waals surface area contributed by atoms with E-state index in [1.807, 2.05) is 48.5 Å². The molecule has 4 nitrogen and oxygen atoms in total. The molecule has 22 heavy (non-hydrogen) atoms. The zero-order valence-corrected chi connectivity index (χ0v) is 13.8. The largest absolute Gasteiger partial charge is 0.484 e. The minimum Gasteiger partial charge on any atom is -0.484 e. The van der Waals surface area contributed by atoms with Crippen molar-refractivity contribution in [3.63, 3.8) is 0 Å². The van der Waals surface area contributed by atoms with E-state index in [4.69, 9.17) is 4.74 Å². The lowest BCUT2D eigenvalue weighted by atomic mass is 10.2. The Kier molecular flexibility index (Phi) is 6.15. The van der Waals surface area contributed by atoms with Gasteiger partial charge < -0.3 is 4.74 Å². The van der Waals surface area contributed by atoms with Crippen LogP contribution in [0.2, 0.25) is 0 Å². The monoisotopic (exact) mass is 360 g/mol. The van der Waals surface area contributed by atoms with Gasteiger partial charge in [0.25, 0.3) is 5.91 Å². The minimum absolute atomic E-state index is 0.0665. The Balaban J connectivity index is 1.80. The van der Waals surface area contributed by atoms with Gasteiger partial charge in [-0.1, -0.05) is 47.1 Å². The van der Waals surface area contributed by atoms with Crippen molar-refractivity contribution in [2.45, 2.75) is 13.3 Å². The van der Waals surface area contributed by atoms with Crippen LogP contribution in [0.15, 0.2) is 58.1 Å². The second-order valence-electron chi connectivity index (χ2n) is 4.64. The molecule has 5 heteroatoms. The normalized spacial score (nSPS) is 10.6. The van der Waals surface area contributed by atoms with Crippen LogP contribution < -0.4 is 10.2 Å². The number of hydrogen-bond acceptors (Lipinski definition) is 3. The van der Waals surface area contributed by atoms with Crippen molar-refractivity contribution >= 4 is 28.1 Å². The number of hydrogen-bond donors (Lipinski definition) is 1. The van der Waals surface area contributed by atoms with E-state index in [1.165, 1.54) is 5.56 Å². The molecule has 1 amide bonds. The fraction of sp³-hybridized carbons (Fsp3) is 0.176. The van der Waals surface area contributed by atoms with E-state index in [2.05, 4.69) is 33.4 Å². The summed E-state index contributed by atoms with van der Waals surface area (Å²) < 4.78 is 6.40. The van der Waals surface area contributed by atoms with Crippen molar-refractivity contribution in [2.75, 3.05) is 6.61 Å². The third-order valence-corrected chi connectivity index (χ3v) is 3.42. The van der Waals surface area contributed by atoms with Crippen LogP contribution in [0.25, 0.3) is 0 Å². The quantitative estimate of drug-likeness (QED) is 0.632. The molecule has 114 valence electrons. The van der Waals surface area contributed by atoms with E-state index in [-0.39, 0.29) is 12.5 Å². The summed E-state index contributed by atoms with van der Waals surface area (Å²) >= 11 is 3.38. The lowest BCUT2D eigenvalue weighted by Gasteiger charge is -2.06. The van der Waals surface area contributed by atoms with Crippen LogP contribution in [0.3, 0.4) is 0 Å². The van der Waals surface area contributed by atoms with E-state index in [0.29, 0.717) is 5.75 Å². The molecule has 0 aromatic heterocycles. The smallest absolute Gasteiger partial charge is 0.277 e. The van der Waals surface area contributed by atoms with Crippen molar-refractivity contribution < 1.29 is 9.53 Å². The summed E-state index contributed by atoms with van der Waals surface area (Å²) in [4.78, 5) is 11.7. The van der Waals surface area contributed by atoms with Crippen molar-refractivity contribution in [3.05, 3.63) is 64.1 Å². The maximum absolute atomic E-state index is 11.7. The van der Waals surface area contributed by atoms with Crippen molar-refractivity contribution in [2.24, 2.45) is 5.10 Å². The van der Waals surface area contributed by atoms with Crippen LogP contribution in [-0.4, -0.2) is 18.7 Å². The van der Waals surface area contributed by atoms with Gasteiger partial charge in [0.05, 0.1) is 6.21 Å². The number of benzene rings is 2. The molecule has 2 rings (SSSR count). The molecule has 0 spiro atoms. The van der Waals surface area contributed by atoms with Gasteiger partial charge >= 0.3 is 0 Å². The molecule has 2 aromatic carbocycles. The van der Waals surface area contributed by atoms with Crippen molar-refractivity contribution in [1.29, 1.82) is 0 Å². The fourth-order valence-corrected chi connectivity index (χ4v) is 2.22. The third-order valence-electron chi connectivity index (χ3n) is 2.93. The van der Waals surface area contributed by atoms with Crippen LogP contribution in [0.1, 0.15) is 18.1 Å². The van der Waals surface area contributed by atoms with Gasteiger partial charge in [0.1, 0.15) is 5.75 Å². The van der Waals surface area contributed by atoms with Gasteiger partial charge in [-0.25, -0.2) is 5.43 Å². The third kappa shape index (κ3) is 5.33. The molecule has 0 radical (unpaired) electrons. The summed E-state index contributed by atoms with van der Waals surface area (Å²) in [6.07, 6.45) is 2.51. The standard InChI is InChI=1S/C17H17BrN2O2/c1-2-13-5-4-8-16(10-13)22-12-17(21)20-19-11-14-6-3-7-15(18)9-14/h3-11H,2,12H2,1H3,(H,20,21)/b19-11+. The number of nitrogens with zero attached hydrogens (tertiary/aromatic N) is 1. The highest BCUT2D eigenvalue weighted by Crippen LogP contribution is 2.13. The van der Waals surface area contributed by atoms with E-state index < -0.39 is 0 Å². The highest BCUT2D eigenvalue weighted by Gasteiger charge is 2.01. The molecule has 2 aromatic rings. The molecule has 0 unspecified atom stereocenters. The van der Waals surface area contributed by atoms with Crippen molar-refractivity contribution in [1.82, 2.24) is 5.43 Å².